The lowest BCUT2D eigenvalue weighted by atomic mass is 10.1. The molecule has 0 aliphatic carbocycles. The first-order valence-corrected chi connectivity index (χ1v) is 11.7. The lowest BCUT2D eigenvalue weighted by molar-refractivity contribution is -0.121. The van der Waals surface area contributed by atoms with Crippen LogP contribution in [0.2, 0.25) is 0 Å². The van der Waals surface area contributed by atoms with Gasteiger partial charge in [-0.25, -0.2) is 0 Å². The van der Waals surface area contributed by atoms with Crippen LogP contribution in [0.15, 0.2) is 42.5 Å². The summed E-state index contributed by atoms with van der Waals surface area (Å²) in [6.07, 6.45) is 0.353. The third kappa shape index (κ3) is 7.08. The summed E-state index contributed by atoms with van der Waals surface area (Å²) in [7, 11) is 1.52. The Morgan fingerprint density at radius 2 is 1.62 bits per heavy atom. The minimum atomic E-state index is -0.0135. The monoisotopic (exact) mass is 435 g/mol. The van der Waals surface area contributed by atoms with Crippen molar-refractivity contribution >= 4 is 29.4 Å². The maximum atomic E-state index is 12.7. The lowest BCUT2D eigenvalue weighted by Crippen LogP contribution is -2.28. The van der Waals surface area contributed by atoms with Crippen LogP contribution < -0.4 is 10.1 Å². The molecule has 2 aromatic rings. The number of carbonyl (C=O) groups excluding carboxylic acids is 1. The number of rotatable bonds is 11. The van der Waals surface area contributed by atoms with Crippen molar-refractivity contribution in [2.45, 2.75) is 30.8 Å². The second kappa shape index (κ2) is 11.9. The number of phenolic OH excluding ortho intramolecular Hbond substituents is 2. The highest BCUT2D eigenvalue weighted by Crippen LogP contribution is 2.37. The van der Waals surface area contributed by atoms with E-state index < -0.39 is 0 Å². The number of phenols is 2. The fourth-order valence-electron chi connectivity index (χ4n) is 2.98. The van der Waals surface area contributed by atoms with Crippen molar-refractivity contribution < 1.29 is 19.7 Å². The van der Waals surface area contributed by atoms with E-state index in [2.05, 4.69) is 19.2 Å². The van der Waals surface area contributed by atoms with Gasteiger partial charge in [0.15, 0.2) is 11.5 Å². The molecule has 0 saturated carbocycles. The van der Waals surface area contributed by atoms with E-state index in [1.165, 1.54) is 7.11 Å². The molecule has 0 aliphatic heterocycles. The van der Waals surface area contributed by atoms with Crippen LogP contribution in [0.1, 0.15) is 41.9 Å². The quantitative estimate of drug-likeness (QED) is 0.466. The first kappa shape index (κ1) is 23.3. The number of carbonyl (C=O) groups is 1. The second-order valence-electron chi connectivity index (χ2n) is 6.42. The molecule has 0 aromatic heterocycles. The molecule has 5 nitrogen and oxygen atoms in total. The molecule has 2 aromatic carbocycles. The summed E-state index contributed by atoms with van der Waals surface area (Å²) in [5.41, 5.74) is 2.04. The fourth-order valence-corrected chi connectivity index (χ4v) is 4.94. The van der Waals surface area contributed by atoms with Crippen LogP contribution in [-0.4, -0.2) is 41.3 Å². The number of methoxy groups -OCH3 is 1. The average Bonchev–Trinajstić information content (AvgIpc) is 2.72. The van der Waals surface area contributed by atoms with Crippen molar-refractivity contribution in [3.63, 3.8) is 0 Å². The van der Waals surface area contributed by atoms with Gasteiger partial charge in [0.05, 0.1) is 7.11 Å². The molecule has 3 N–H and O–H groups in total. The zero-order chi connectivity index (χ0) is 21.2. The van der Waals surface area contributed by atoms with Crippen molar-refractivity contribution in [1.82, 2.24) is 5.32 Å². The highest BCUT2D eigenvalue weighted by molar-refractivity contribution is 7.99. The molecule has 0 unspecified atom stereocenters. The Hall–Kier alpha value is -1.99. The predicted octanol–water partition coefficient (Wildman–Crippen LogP) is 4.90. The summed E-state index contributed by atoms with van der Waals surface area (Å²) >= 11 is 3.46. The van der Waals surface area contributed by atoms with Gasteiger partial charge >= 0.3 is 0 Å². The Balaban J connectivity index is 2.02. The van der Waals surface area contributed by atoms with Crippen LogP contribution in [-0.2, 0) is 4.79 Å². The van der Waals surface area contributed by atoms with E-state index in [0.29, 0.717) is 18.7 Å². The maximum Gasteiger partial charge on any atom is 0.221 e. The molecule has 29 heavy (non-hydrogen) atoms. The third-order valence-electron chi connectivity index (χ3n) is 4.43. The molecule has 2 rings (SSSR count). The van der Waals surface area contributed by atoms with E-state index in [-0.39, 0.29) is 27.9 Å². The first-order chi connectivity index (χ1) is 14.0. The summed E-state index contributed by atoms with van der Waals surface area (Å²) in [6, 6.07) is 12.4. The van der Waals surface area contributed by atoms with E-state index in [1.54, 1.807) is 47.8 Å². The topological polar surface area (TPSA) is 78.8 Å². The third-order valence-corrected chi connectivity index (χ3v) is 6.78. The van der Waals surface area contributed by atoms with E-state index in [1.807, 2.05) is 18.2 Å². The van der Waals surface area contributed by atoms with Gasteiger partial charge in [0, 0.05) is 23.5 Å². The lowest BCUT2D eigenvalue weighted by Gasteiger charge is -2.20. The molecule has 0 heterocycles. The van der Waals surface area contributed by atoms with Gasteiger partial charge < -0.3 is 20.3 Å². The van der Waals surface area contributed by atoms with Crippen molar-refractivity contribution in [2.24, 2.45) is 0 Å². The van der Waals surface area contributed by atoms with E-state index in [9.17, 15) is 15.0 Å². The fraction of sp³-hybridized carbons (Fsp3) is 0.409. The van der Waals surface area contributed by atoms with Gasteiger partial charge in [-0.1, -0.05) is 32.0 Å². The summed E-state index contributed by atoms with van der Waals surface area (Å²) in [5.74, 6) is 2.54. The standard InChI is InChI=1S/C22H29NO4S2/c1-4-28-20(16-8-11-18(25)19(12-16)27-3)13-22(26)23-14-21(29-5-2)15-6-9-17(24)10-7-15/h6-12,20-21,24-25H,4-5,13-14H2,1-3H3,(H,23,26)/t20-,21-/m1/s1. The number of hydrogen-bond acceptors (Lipinski definition) is 6. The Bertz CT molecular complexity index is 783. The number of amides is 1. The van der Waals surface area contributed by atoms with Crippen LogP contribution in [0.3, 0.4) is 0 Å². The summed E-state index contributed by atoms with van der Waals surface area (Å²) in [6.45, 7) is 4.68. The van der Waals surface area contributed by atoms with Gasteiger partial charge in [-0.3, -0.25) is 4.79 Å². The molecule has 0 spiro atoms. The zero-order valence-electron chi connectivity index (χ0n) is 17.1. The van der Waals surface area contributed by atoms with Crippen molar-refractivity contribution in [3.8, 4) is 17.2 Å². The minimum Gasteiger partial charge on any atom is -0.508 e. The predicted molar refractivity (Wildman–Crippen MR) is 122 cm³/mol. The molecule has 158 valence electrons. The molecular formula is C22H29NO4S2. The van der Waals surface area contributed by atoms with Gasteiger partial charge in [-0.2, -0.15) is 23.5 Å². The summed E-state index contributed by atoms with van der Waals surface area (Å²) < 4.78 is 5.20. The van der Waals surface area contributed by atoms with Gasteiger partial charge in [0.2, 0.25) is 5.91 Å². The Morgan fingerprint density at radius 1 is 1.00 bits per heavy atom. The number of benzene rings is 2. The molecule has 2 atom stereocenters. The zero-order valence-corrected chi connectivity index (χ0v) is 18.7. The van der Waals surface area contributed by atoms with Crippen LogP contribution in [0.25, 0.3) is 0 Å². The van der Waals surface area contributed by atoms with Gasteiger partial charge in [0.25, 0.3) is 0 Å². The number of hydrogen-bond donors (Lipinski definition) is 3. The molecule has 0 saturated heterocycles. The Morgan fingerprint density at radius 3 is 2.24 bits per heavy atom. The molecular weight excluding hydrogens is 406 g/mol. The largest absolute Gasteiger partial charge is 0.508 e. The van der Waals surface area contributed by atoms with Crippen molar-refractivity contribution in [1.29, 1.82) is 0 Å². The number of nitrogens with one attached hydrogen (secondary N) is 1. The summed E-state index contributed by atoms with van der Waals surface area (Å²) in [4.78, 5) is 12.7. The highest BCUT2D eigenvalue weighted by atomic mass is 32.2. The molecule has 0 bridgehead atoms. The van der Waals surface area contributed by atoms with Crippen molar-refractivity contribution in [2.75, 3.05) is 25.2 Å². The molecule has 0 aliphatic rings. The molecule has 0 fully saturated rings. The average molecular weight is 436 g/mol. The van der Waals surface area contributed by atoms with Crippen molar-refractivity contribution in [3.05, 3.63) is 53.6 Å². The second-order valence-corrected chi connectivity index (χ2v) is 9.38. The molecule has 7 heteroatoms. The molecule has 0 radical (unpaired) electrons. The minimum absolute atomic E-state index is 0.0107. The van der Waals surface area contributed by atoms with Gasteiger partial charge in [0.1, 0.15) is 5.75 Å². The Labute approximate surface area is 181 Å². The first-order valence-electron chi connectivity index (χ1n) is 9.64. The summed E-state index contributed by atoms with van der Waals surface area (Å²) in [5, 5.41) is 22.5. The normalized spacial score (nSPS) is 12.9. The maximum absolute atomic E-state index is 12.7. The molecule has 1 amide bonds. The smallest absolute Gasteiger partial charge is 0.221 e. The van der Waals surface area contributed by atoms with Crippen LogP contribution >= 0.6 is 23.5 Å². The van der Waals surface area contributed by atoms with Gasteiger partial charge in [-0.15, -0.1) is 0 Å². The van der Waals surface area contributed by atoms with E-state index in [4.69, 9.17) is 4.74 Å². The number of thioether (sulfide) groups is 2. The number of aromatic hydroxyl groups is 2. The van der Waals surface area contributed by atoms with E-state index >= 15 is 0 Å². The van der Waals surface area contributed by atoms with Crippen LogP contribution in [0, 0.1) is 0 Å². The van der Waals surface area contributed by atoms with Crippen LogP contribution in [0.5, 0.6) is 17.2 Å². The van der Waals surface area contributed by atoms with Crippen LogP contribution in [0.4, 0.5) is 0 Å². The Kier molecular flexibility index (Phi) is 9.54. The SMILES string of the molecule is CCS[C@H](CNC(=O)C[C@@H](SCC)c1ccc(O)c(OC)c1)c1ccc(O)cc1. The van der Waals surface area contributed by atoms with E-state index in [0.717, 1.165) is 22.6 Å². The number of ether oxygens (including phenoxy) is 1. The highest BCUT2D eigenvalue weighted by Gasteiger charge is 2.19. The van der Waals surface area contributed by atoms with Gasteiger partial charge in [-0.05, 0) is 46.9 Å².